The first-order valence-corrected chi connectivity index (χ1v) is 9.48. The van der Waals surface area contributed by atoms with Gasteiger partial charge in [-0.15, -0.1) is 0 Å². The summed E-state index contributed by atoms with van der Waals surface area (Å²) in [4.78, 5) is 24.9. The Labute approximate surface area is 174 Å². The maximum atomic E-state index is 12.7. The number of carbonyl (C=O) groups excluding carboxylic acids is 2. The van der Waals surface area contributed by atoms with Crippen molar-refractivity contribution in [2.45, 2.75) is 32.7 Å². The molecule has 8 nitrogen and oxygen atoms in total. The topological polar surface area (TPSA) is 108 Å². The highest BCUT2D eigenvalue weighted by Crippen LogP contribution is 2.09. The summed E-state index contributed by atoms with van der Waals surface area (Å²) in [6.07, 6.45) is 0.876. The number of nitrogen functional groups attached to an aromatic ring is 1. The minimum absolute atomic E-state index is 0.0616. The number of nitrogens with zero attached hydrogens (tertiary/aromatic N) is 2. The molecule has 0 saturated carbocycles. The average molecular weight is 408 g/mol. The molecule has 2 aromatic carbocycles. The predicted octanol–water partition coefficient (Wildman–Crippen LogP) is 2.81. The van der Waals surface area contributed by atoms with Crippen molar-refractivity contribution in [3.8, 4) is 0 Å². The number of alkyl carbamates (subject to hydrolysis) is 1. The number of rotatable bonds is 8. The fourth-order valence-corrected chi connectivity index (χ4v) is 2.73. The number of anilines is 1. The summed E-state index contributed by atoms with van der Waals surface area (Å²) in [6, 6.07) is 17.6. The van der Waals surface area contributed by atoms with E-state index >= 15 is 0 Å². The summed E-state index contributed by atoms with van der Waals surface area (Å²) in [7, 11) is 0. The third-order valence-electron chi connectivity index (χ3n) is 4.37. The quantitative estimate of drug-likeness (QED) is 0.555. The summed E-state index contributed by atoms with van der Waals surface area (Å²) in [6.45, 7) is 2.01. The number of nitrogens with two attached hydrogens (primary N) is 1. The van der Waals surface area contributed by atoms with Crippen LogP contribution in [0.25, 0.3) is 0 Å². The summed E-state index contributed by atoms with van der Waals surface area (Å²) in [5.41, 5.74) is 8.65. The largest absolute Gasteiger partial charge is 0.459 e. The molecule has 156 valence electrons. The Bertz CT molecular complexity index is 954. The lowest BCUT2D eigenvalue weighted by molar-refractivity contribution is -0.147. The zero-order valence-corrected chi connectivity index (χ0v) is 16.7. The van der Waals surface area contributed by atoms with Crippen molar-refractivity contribution >= 4 is 17.7 Å². The number of aromatic nitrogens is 2. The summed E-state index contributed by atoms with van der Waals surface area (Å²) < 4.78 is 12.1. The average Bonchev–Trinajstić information content (AvgIpc) is 3.08. The molecule has 0 aliphatic carbocycles. The van der Waals surface area contributed by atoms with Gasteiger partial charge in [0.05, 0.1) is 17.9 Å². The highest BCUT2D eigenvalue weighted by Gasteiger charge is 2.24. The standard InChI is InChI=1S/C22H24N4O4/c1-16-19(23)12-26(25-16)13-20(21(27)29-14-17-8-4-2-5-9-17)24-22(28)30-15-18-10-6-3-7-11-18/h2-12,20H,13-15,23H2,1H3,(H,24,28)/t20-/m0/s1. The van der Waals surface area contributed by atoms with Gasteiger partial charge >= 0.3 is 12.1 Å². The molecule has 3 N–H and O–H groups in total. The summed E-state index contributed by atoms with van der Waals surface area (Å²) in [5, 5.41) is 6.81. The first kappa shape index (κ1) is 20.9. The van der Waals surface area contributed by atoms with Gasteiger partial charge in [0.25, 0.3) is 0 Å². The van der Waals surface area contributed by atoms with Crippen LogP contribution in [0.1, 0.15) is 16.8 Å². The highest BCUT2D eigenvalue weighted by molar-refractivity contribution is 5.81. The zero-order chi connectivity index (χ0) is 21.3. The van der Waals surface area contributed by atoms with E-state index in [9.17, 15) is 9.59 Å². The Balaban J connectivity index is 1.63. The molecule has 3 rings (SSSR count). The number of benzene rings is 2. The van der Waals surface area contributed by atoms with Crippen molar-refractivity contribution in [2.24, 2.45) is 0 Å². The number of aryl methyl sites for hydroxylation is 1. The second kappa shape index (κ2) is 10.1. The fraction of sp³-hybridized carbons (Fsp3) is 0.227. The molecule has 0 fully saturated rings. The van der Waals surface area contributed by atoms with Crippen molar-refractivity contribution in [3.05, 3.63) is 83.7 Å². The first-order valence-electron chi connectivity index (χ1n) is 9.48. The molecule has 0 bridgehead atoms. The van der Waals surface area contributed by atoms with Crippen LogP contribution in [-0.4, -0.2) is 27.9 Å². The van der Waals surface area contributed by atoms with Crippen molar-refractivity contribution < 1.29 is 19.1 Å². The van der Waals surface area contributed by atoms with E-state index in [2.05, 4.69) is 10.4 Å². The lowest BCUT2D eigenvalue weighted by atomic mass is 10.2. The Morgan fingerprint density at radius 2 is 1.57 bits per heavy atom. The van der Waals surface area contributed by atoms with E-state index in [0.717, 1.165) is 11.1 Å². The number of carbonyl (C=O) groups is 2. The molecule has 0 unspecified atom stereocenters. The number of amides is 1. The number of hydrogen-bond donors (Lipinski definition) is 2. The number of ether oxygens (including phenoxy) is 2. The van der Waals surface area contributed by atoms with Crippen LogP contribution in [-0.2, 0) is 34.0 Å². The lowest BCUT2D eigenvalue weighted by Gasteiger charge is -2.18. The molecule has 0 aliphatic rings. The number of nitrogens with one attached hydrogen (secondary N) is 1. The van der Waals surface area contributed by atoms with E-state index in [1.807, 2.05) is 60.7 Å². The summed E-state index contributed by atoms with van der Waals surface area (Å²) in [5.74, 6) is -0.595. The van der Waals surface area contributed by atoms with Crippen molar-refractivity contribution in [2.75, 3.05) is 5.73 Å². The zero-order valence-electron chi connectivity index (χ0n) is 16.7. The van der Waals surface area contributed by atoms with Crippen molar-refractivity contribution in [1.29, 1.82) is 0 Å². The second-order valence-electron chi connectivity index (χ2n) is 6.74. The van der Waals surface area contributed by atoms with E-state index < -0.39 is 18.1 Å². The molecule has 0 aliphatic heterocycles. The van der Waals surface area contributed by atoms with Gasteiger partial charge in [0.2, 0.25) is 0 Å². The van der Waals surface area contributed by atoms with Crippen LogP contribution in [0.15, 0.2) is 66.9 Å². The normalized spacial score (nSPS) is 11.5. The van der Waals surface area contributed by atoms with E-state index in [0.29, 0.717) is 11.4 Å². The van der Waals surface area contributed by atoms with Gasteiger partial charge in [-0.3, -0.25) is 4.68 Å². The van der Waals surface area contributed by atoms with Crippen LogP contribution >= 0.6 is 0 Å². The molecule has 0 spiro atoms. The van der Waals surface area contributed by atoms with Crippen LogP contribution < -0.4 is 11.1 Å². The van der Waals surface area contributed by atoms with Crippen molar-refractivity contribution in [3.63, 3.8) is 0 Å². The third kappa shape index (κ3) is 6.10. The van der Waals surface area contributed by atoms with Crippen LogP contribution in [0.4, 0.5) is 10.5 Å². The van der Waals surface area contributed by atoms with Crippen molar-refractivity contribution in [1.82, 2.24) is 15.1 Å². The molecule has 8 heteroatoms. The predicted molar refractivity (Wildman–Crippen MR) is 111 cm³/mol. The van der Waals surface area contributed by atoms with Crippen LogP contribution in [0, 0.1) is 6.92 Å². The van der Waals surface area contributed by atoms with Gasteiger partial charge < -0.3 is 20.5 Å². The fourth-order valence-electron chi connectivity index (χ4n) is 2.73. The number of hydrogen-bond acceptors (Lipinski definition) is 6. The second-order valence-corrected chi connectivity index (χ2v) is 6.74. The van der Waals surface area contributed by atoms with Crippen LogP contribution in [0.5, 0.6) is 0 Å². The molecule has 1 amide bonds. The lowest BCUT2D eigenvalue weighted by Crippen LogP contribution is -2.45. The van der Waals surface area contributed by atoms with E-state index in [4.69, 9.17) is 15.2 Å². The third-order valence-corrected chi connectivity index (χ3v) is 4.37. The molecule has 3 aromatic rings. The maximum Gasteiger partial charge on any atom is 0.408 e. The number of esters is 1. The van der Waals surface area contributed by atoms with Crippen LogP contribution in [0.3, 0.4) is 0 Å². The molecule has 1 heterocycles. The Morgan fingerprint density at radius 1 is 1.00 bits per heavy atom. The molecule has 0 saturated heterocycles. The van der Waals surface area contributed by atoms with Gasteiger partial charge in [0.1, 0.15) is 19.3 Å². The molecule has 1 aromatic heterocycles. The molecular weight excluding hydrogens is 384 g/mol. The van der Waals surface area contributed by atoms with Crippen LogP contribution in [0.2, 0.25) is 0 Å². The summed E-state index contributed by atoms with van der Waals surface area (Å²) >= 11 is 0. The van der Waals surface area contributed by atoms with Gasteiger partial charge in [-0.25, -0.2) is 9.59 Å². The van der Waals surface area contributed by atoms with Gasteiger partial charge in [0.15, 0.2) is 0 Å². The molecular formula is C22H24N4O4. The van der Waals surface area contributed by atoms with Gasteiger partial charge in [0, 0.05) is 6.20 Å². The van der Waals surface area contributed by atoms with E-state index in [1.165, 1.54) is 4.68 Å². The Morgan fingerprint density at radius 3 is 2.10 bits per heavy atom. The van der Waals surface area contributed by atoms with E-state index in [-0.39, 0.29) is 19.8 Å². The SMILES string of the molecule is Cc1nn(C[C@H](NC(=O)OCc2ccccc2)C(=O)OCc2ccccc2)cc1N. The Kier molecular flexibility index (Phi) is 7.05. The minimum atomic E-state index is -0.990. The molecule has 0 radical (unpaired) electrons. The van der Waals surface area contributed by atoms with Gasteiger partial charge in [-0.1, -0.05) is 60.7 Å². The molecule has 1 atom stereocenters. The maximum absolute atomic E-state index is 12.7. The van der Waals surface area contributed by atoms with Gasteiger partial charge in [-0.05, 0) is 18.1 Å². The minimum Gasteiger partial charge on any atom is -0.459 e. The Hall–Kier alpha value is -3.81. The smallest absolute Gasteiger partial charge is 0.408 e. The highest BCUT2D eigenvalue weighted by atomic mass is 16.6. The monoisotopic (exact) mass is 408 g/mol. The molecule has 30 heavy (non-hydrogen) atoms. The van der Waals surface area contributed by atoms with E-state index in [1.54, 1.807) is 13.1 Å². The first-order chi connectivity index (χ1) is 14.5. The van der Waals surface area contributed by atoms with Gasteiger partial charge in [-0.2, -0.15) is 5.10 Å².